The van der Waals surface area contributed by atoms with E-state index in [0.29, 0.717) is 11.4 Å². The van der Waals surface area contributed by atoms with Gasteiger partial charge in [-0.25, -0.2) is 0 Å². The minimum atomic E-state index is -0.816. The van der Waals surface area contributed by atoms with Crippen LogP contribution in [0.2, 0.25) is 0 Å². The van der Waals surface area contributed by atoms with Crippen LogP contribution in [0.3, 0.4) is 0 Å². The first kappa shape index (κ1) is 25.0. The highest BCUT2D eigenvalue weighted by Crippen LogP contribution is 2.16. The van der Waals surface area contributed by atoms with Crippen molar-refractivity contribution in [3.05, 3.63) is 94.4 Å². The minimum absolute atomic E-state index is 0.0356. The van der Waals surface area contributed by atoms with Crippen molar-refractivity contribution in [1.29, 1.82) is 5.26 Å². The molecule has 0 bridgehead atoms. The van der Waals surface area contributed by atoms with E-state index in [1.807, 2.05) is 63.2 Å². The van der Waals surface area contributed by atoms with Gasteiger partial charge in [0.05, 0.1) is 12.6 Å². The Morgan fingerprint density at radius 1 is 0.971 bits per heavy atom. The van der Waals surface area contributed by atoms with Crippen molar-refractivity contribution in [2.24, 2.45) is 0 Å². The summed E-state index contributed by atoms with van der Waals surface area (Å²) in [6.07, 6.45) is 1.32. The van der Waals surface area contributed by atoms with Crippen molar-refractivity contribution in [3.63, 3.8) is 0 Å². The first-order chi connectivity index (χ1) is 16.8. The average molecular weight is 471 g/mol. The summed E-state index contributed by atoms with van der Waals surface area (Å²) in [7, 11) is 0. The second-order valence-electron chi connectivity index (χ2n) is 8.02. The lowest BCUT2D eigenvalue weighted by atomic mass is 10.1. The summed E-state index contributed by atoms with van der Waals surface area (Å²) < 4.78 is 5.58. The normalized spacial score (nSPS) is 11.8. The van der Waals surface area contributed by atoms with Crippen LogP contribution in [0.4, 0.5) is 5.69 Å². The minimum Gasteiger partial charge on any atom is -0.460 e. The molecule has 0 saturated heterocycles. The smallest absolute Gasteiger partial charge is 0.313 e. The highest BCUT2D eigenvalue weighted by atomic mass is 16.3. The summed E-state index contributed by atoms with van der Waals surface area (Å²) in [5.41, 5.74) is 3.40. The van der Waals surface area contributed by atoms with Crippen molar-refractivity contribution in [2.75, 3.05) is 5.32 Å². The number of nitriles is 1. The van der Waals surface area contributed by atoms with Gasteiger partial charge in [-0.15, -0.1) is 0 Å². The Balaban J connectivity index is 1.56. The van der Waals surface area contributed by atoms with Crippen LogP contribution < -0.4 is 16.0 Å². The zero-order valence-corrected chi connectivity index (χ0v) is 19.7. The van der Waals surface area contributed by atoms with Gasteiger partial charge in [0.25, 0.3) is 5.91 Å². The first-order valence-corrected chi connectivity index (χ1v) is 11.0. The predicted octanol–water partition coefficient (Wildman–Crippen LogP) is 3.94. The number of hydrogen-bond donors (Lipinski definition) is 3. The van der Waals surface area contributed by atoms with Crippen LogP contribution in [0.5, 0.6) is 0 Å². The van der Waals surface area contributed by atoms with Gasteiger partial charge >= 0.3 is 11.8 Å². The topological polar surface area (TPSA) is 124 Å². The molecule has 3 aromatic rings. The number of carbonyl (C=O) groups is 3. The molecule has 1 heterocycles. The molecule has 0 aliphatic carbocycles. The second kappa shape index (κ2) is 11.5. The number of nitrogens with one attached hydrogen (secondary N) is 3. The van der Waals surface area contributed by atoms with Crippen molar-refractivity contribution in [3.8, 4) is 6.07 Å². The van der Waals surface area contributed by atoms with Gasteiger partial charge < -0.3 is 20.4 Å². The van der Waals surface area contributed by atoms with Gasteiger partial charge in [-0.1, -0.05) is 36.4 Å². The van der Waals surface area contributed by atoms with Crippen LogP contribution in [-0.2, 0) is 20.9 Å². The van der Waals surface area contributed by atoms with E-state index < -0.39 is 17.7 Å². The molecule has 2 aromatic carbocycles. The molecule has 0 radical (unpaired) electrons. The number of anilines is 1. The van der Waals surface area contributed by atoms with Crippen LogP contribution in [0.1, 0.15) is 41.2 Å². The fraction of sp³-hybridized carbons (Fsp3) is 0.185. The van der Waals surface area contributed by atoms with E-state index in [9.17, 15) is 19.6 Å². The molecule has 3 rings (SSSR count). The number of carbonyl (C=O) groups excluding carboxylic acids is 3. The van der Waals surface area contributed by atoms with Crippen molar-refractivity contribution in [2.45, 2.75) is 33.4 Å². The average Bonchev–Trinajstić information content (AvgIpc) is 3.31. The zero-order valence-electron chi connectivity index (χ0n) is 19.7. The van der Waals surface area contributed by atoms with E-state index in [-0.39, 0.29) is 23.9 Å². The van der Waals surface area contributed by atoms with Crippen molar-refractivity contribution < 1.29 is 18.8 Å². The highest BCUT2D eigenvalue weighted by Gasteiger charge is 2.16. The van der Waals surface area contributed by atoms with Gasteiger partial charge in [-0.3, -0.25) is 14.4 Å². The molecule has 8 heteroatoms. The summed E-state index contributed by atoms with van der Waals surface area (Å²) in [6, 6.07) is 19.5. The fourth-order valence-corrected chi connectivity index (χ4v) is 3.21. The van der Waals surface area contributed by atoms with E-state index in [1.54, 1.807) is 24.3 Å². The van der Waals surface area contributed by atoms with Gasteiger partial charge in [0, 0.05) is 11.8 Å². The third kappa shape index (κ3) is 6.92. The zero-order chi connectivity index (χ0) is 25.4. The number of benzene rings is 2. The molecule has 35 heavy (non-hydrogen) atoms. The Morgan fingerprint density at radius 3 is 2.40 bits per heavy atom. The van der Waals surface area contributed by atoms with Gasteiger partial charge in [-0.2, -0.15) is 5.26 Å². The van der Waals surface area contributed by atoms with Crippen molar-refractivity contribution in [1.82, 2.24) is 10.6 Å². The van der Waals surface area contributed by atoms with Gasteiger partial charge in [0.1, 0.15) is 23.2 Å². The molecule has 8 nitrogen and oxygen atoms in total. The van der Waals surface area contributed by atoms with Gasteiger partial charge in [0.15, 0.2) is 0 Å². The van der Waals surface area contributed by atoms with E-state index in [4.69, 9.17) is 4.42 Å². The maximum atomic E-state index is 12.5. The number of amides is 3. The molecule has 0 saturated carbocycles. The van der Waals surface area contributed by atoms with Crippen LogP contribution in [0.25, 0.3) is 6.08 Å². The molecular weight excluding hydrogens is 444 g/mol. The Bertz CT molecular complexity index is 1300. The monoisotopic (exact) mass is 470 g/mol. The van der Waals surface area contributed by atoms with Gasteiger partial charge in [-0.05, 0) is 61.7 Å². The summed E-state index contributed by atoms with van der Waals surface area (Å²) in [5, 5.41) is 17.2. The molecule has 0 fully saturated rings. The summed E-state index contributed by atoms with van der Waals surface area (Å²) in [6.45, 7) is 5.66. The number of hydrogen-bond acceptors (Lipinski definition) is 5. The van der Waals surface area contributed by atoms with E-state index in [1.165, 1.54) is 6.08 Å². The summed E-state index contributed by atoms with van der Waals surface area (Å²) in [4.78, 5) is 36.8. The molecule has 3 amide bonds. The van der Waals surface area contributed by atoms with Crippen molar-refractivity contribution >= 4 is 29.5 Å². The number of nitrogens with zero attached hydrogens (tertiary/aromatic N) is 1. The predicted molar refractivity (Wildman–Crippen MR) is 132 cm³/mol. The second-order valence-corrected chi connectivity index (χ2v) is 8.02. The Labute approximate surface area is 203 Å². The summed E-state index contributed by atoms with van der Waals surface area (Å²) >= 11 is 0. The Hall–Kier alpha value is -4.64. The lowest BCUT2D eigenvalue weighted by molar-refractivity contribution is -0.136. The molecule has 0 unspecified atom stereocenters. The van der Waals surface area contributed by atoms with E-state index in [2.05, 4.69) is 16.0 Å². The third-order valence-corrected chi connectivity index (χ3v) is 5.38. The van der Waals surface area contributed by atoms with E-state index in [0.717, 1.165) is 16.7 Å². The maximum absolute atomic E-state index is 12.5. The van der Waals surface area contributed by atoms with Gasteiger partial charge in [0.2, 0.25) is 0 Å². The standard InChI is InChI=1S/C27H26N4O4/c1-17-9-10-22(13-18(17)2)31-27(34)26(33)29-16-24-12-11-23(35-24)14-21(15-28)25(32)30-19(3)20-7-5-4-6-8-20/h4-14,19H,16H2,1-3H3,(H,29,33)(H,30,32)(H,31,34)/b21-14-/t19-/m1/s1. The number of aryl methyl sites for hydroxylation is 2. The SMILES string of the molecule is Cc1ccc(NC(=O)C(=O)NCc2ccc(/C=C(/C#N)C(=O)N[C@H](C)c3ccccc3)o2)cc1C. The van der Waals surface area contributed by atoms with E-state index >= 15 is 0 Å². The fourth-order valence-electron chi connectivity index (χ4n) is 3.21. The molecule has 0 aliphatic heterocycles. The highest BCUT2D eigenvalue weighted by molar-refractivity contribution is 6.39. The quantitative estimate of drug-likeness (QED) is 0.274. The molecule has 0 aliphatic rings. The van der Waals surface area contributed by atoms with Crippen LogP contribution in [0.15, 0.2) is 70.7 Å². The molecule has 3 N–H and O–H groups in total. The maximum Gasteiger partial charge on any atom is 0.313 e. The van der Waals surface area contributed by atoms with Crippen LogP contribution in [0, 0.1) is 25.2 Å². The molecule has 0 spiro atoms. The summed E-state index contributed by atoms with van der Waals surface area (Å²) in [5.74, 6) is -1.51. The Kier molecular flexibility index (Phi) is 8.20. The van der Waals surface area contributed by atoms with Crippen LogP contribution in [-0.4, -0.2) is 17.7 Å². The lowest BCUT2D eigenvalue weighted by Crippen LogP contribution is -2.34. The lowest BCUT2D eigenvalue weighted by Gasteiger charge is -2.13. The Morgan fingerprint density at radius 2 is 1.71 bits per heavy atom. The third-order valence-electron chi connectivity index (χ3n) is 5.38. The largest absolute Gasteiger partial charge is 0.460 e. The first-order valence-electron chi connectivity index (χ1n) is 11.0. The van der Waals surface area contributed by atoms with Crippen LogP contribution >= 0.6 is 0 Å². The number of furan rings is 1. The molecule has 1 aromatic heterocycles. The molecule has 1 atom stereocenters. The molecule has 178 valence electrons. The number of rotatable bonds is 7. The molecular formula is C27H26N4O4.